The molecule has 5 rings (SSSR count). The molecule has 0 aromatic heterocycles. The second-order valence-corrected chi connectivity index (χ2v) is 9.30. The summed E-state index contributed by atoms with van der Waals surface area (Å²) in [6.45, 7) is 1.96. The van der Waals surface area contributed by atoms with Crippen LogP contribution in [0, 0.1) is 5.82 Å². The van der Waals surface area contributed by atoms with Gasteiger partial charge in [0.15, 0.2) is 0 Å². The number of guanidine groups is 1. The Morgan fingerprint density at radius 2 is 1.62 bits per heavy atom. The van der Waals surface area contributed by atoms with Crippen LogP contribution in [0.4, 0.5) is 34.6 Å². The van der Waals surface area contributed by atoms with E-state index in [1.54, 1.807) is 13.2 Å². The number of carbonyl (C=O) groups is 1. The number of aliphatic carboxylic acids is 1. The third-order valence-electron chi connectivity index (χ3n) is 6.92. The summed E-state index contributed by atoms with van der Waals surface area (Å²) < 4.78 is 61.2. The third kappa shape index (κ3) is 5.79. The lowest BCUT2D eigenvalue weighted by molar-refractivity contribution is -0.138. The van der Waals surface area contributed by atoms with E-state index in [9.17, 15) is 27.5 Å². The number of alkyl halides is 3. The van der Waals surface area contributed by atoms with Crippen molar-refractivity contribution in [3.63, 3.8) is 0 Å². The van der Waals surface area contributed by atoms with E-state index >= 15 is 0 Å². The van der Waals surface area contributed by atoms with Crippen molar-refractivity contribution in [1.29, 1.82) is 0 Å². The van der Waals surface area contributed by atoms with E-state index in [0.717, 1.165) is 17.8 Å². The largest absolute Gasteiger partial charge is 0.497 e. The fourth-order valence-electron chi connectivity index (χ4n) is 5.04. The topological polar surface area (TPSA) is 68.6 Å². The summed E-state index contributed by atoms with van der Waals surface area (Å²) in [7, 11) is 1.59. The predicted molar refractivity (Wildman–Crippen MR) is 146 cm³/mol. The summed E-state index contributed by atoms with van der Waals surface area (Å²) in [6.07, 6.45) is -5.06. The molecule has 0 spiro atoms. The van der Waals surface area contributed by atoms with Gasteiger partial charge in [-0.1, -0.05) is 24.3 Å². The molecule has 1 N–H and O–H groups in total. The van der Waals surface area contributed by atoms with Gasteiger partial charge < -0.3 is 24.5 Å². The van der Waals surface area contributed by atoms with Crippen LogP contribution in [-0.2, 0) is 11.0 Å². The molecule has 2 aliphatic heterocycles. The average Bonchev–Trinajstić information content (AvgIpc) is 2.93. The highest BCUT2D eigenvalue weighted by Gasteiger charge is 2.39. The van der Waals surface area contributed by atoms with Crippen molar-refractivity contribution in [2.75, 3.05) is 43.1 Å². The van der Waals surface area contributed by atoms with E-state index in [4.69, 9.17) is 4.74 Å². The molecule has 0 aliphatic carbocycles. The van der Waals surface area contributed by atoms with Gasteiger partial charge in [0.2, 0.25) is 5.96 Å². The summed E-state index contributed by atoms with van der Waals surface area (Å²) >= 11 is 0. The quantitative estimate of drug-likeness (QED) is 0.368. The third-order valence-corrected chi connectivity index (χ3v) is 6.92. The Kier molecular flexibility index (Phi) is 8.43. The fourth-order valence-corrected chi connectivity index (χ4v) is 5.04. The average molecular weight is 579 g/mol. The molecular weight excluding hydrogens is 552 g/mol. The number of carboxylic acids is 1. The molecule has 0 amide bonds. The Labute approximate surface area is 234 Å². The van der Waals surface area contributed by atoms with Crippen LogP contribution in [0.1, 0.15) is 23.6 Å². The second-order valence-electron chi connectivity index (χ2n) is 9.30. The molecule has 0 saturated carbocycles. The Balaban J connectivity index is 0.00000370. The van der Waals surface area contributed by atoms with Crippen molar-refractivity contribution < 1.29 is 32.2 Å². The lowest BCUT2D eigenvalue weighted by Crippen LogP contribution is -2.55. The van der Waals surface area contributed by atoms with Crippen LogP contribution in [0.5, 0.6) is 5.75 Å². The minimum absolute atomic E-state index is 0. The van der Waals surface area contributed by atoms with Gasteiger partial charge >= 0.3 is 12.1 Å². The number of anilines is 2. The minimum Gasteiger partial charge on any atom is -0.497 e. The van der Waals surface area contributed by atoms with Crippen LogP contribution < -0.4 is 14.5 Å². The lowest BCUT2D eigenvalue weighted by atomic mass is 9.97. The van der Waals surface area contributed by atoms with Gasteiger partial charge in [0.05, 0.1) is 25.1 Å². The van der Waals surface area contributed by atoms with E-state index in [2.05, 4.69) is 9.89 Å². The normalized spacial score (nSPS) is 17.1. The molecule has 40 heavy (non-hydrogen) atoms. The number of halogens is 5. The van der Waals surface area contributed by atoms with Gasteiger partial charge in [0.25, 0.3) is 0 Å². The van der Waals surface area contributed by atoms with Gasteiger partial charge in [-0.2, -0.15) is 13.2 Å². The number of hydrogen-bond donors (Lipinski definition) is 1. The van der Waals surface area contributed by atoms with Gasteiger partial charge in [-0.3, -0.25) is 4.79 Å². The minimum atomic E-state index is -4.60. The van der Waals surface area contributed by atoms with E-state index in [0.29, 0.717) is 37.5 Å². The number of hydrogen-bond acceptors (Lipinski definition) is 6. The zero-order chi connectivity index (χ0) is 27.7. The molecule has 1 atom stereocenters. The molecule has 3 aromatic rings. The number of rotatable bonds is 5. The van der Waals surface area contributed by atoms with Crippen LogP contribution in [0.15, 0.2) is 71.7 Å². The van der Waals surface area contributed by atoms with Gasteiger partial charge in [-0.05, 0) is 36.4 Å². The molecule has 2 aliphatic rings. The highest BCUT2D eigenvalue weighted by Crippen LogP contribution is 2.43. The number of nitrogens with zero attached hydrogens (tertiary/aromatic N) is 4. The number of ether oxygens (including phenoxy) is 1. The number of fused-ring (bicyclic) bond motifs is 1. The van der Waals surface area contributed by atoms with Crippen molar-refractivity contribution in [2.45, 2.75) is 18.6 Å². The second kappa shape index (κ2) is 11.6. The first-order valence-corrected chi connectivity index (χ1v) is 12.3. The number of carboxylic acid groups (broad SMARTS) is 1. The number of para-hydroxylation sites is 1. The molecule has 12 heteroatoms. The molecular formula is C28H27ClF4N4O3. The van der Waals surface area contributed by atoms with Crippen molar-refractivity contribution >= 4 is 41.4 Å². The number of benzene rings is 3. The number of aliphatic imine (C=N–C) groups is 1. The number of methoxy groups -OCH3 is 1. The molecule has 2 heterocycles. The van der Waals surface area contributed by atoms with E-state index in [-0.39, 0.29) is 29.7 Å². The van der Waals surface area contributed by atoms with Crippen LogP contribution in [0.2, 0.25) is 0 Å². The fraction of sp³-hybridized carbons (Fsp3) is 0.286. The lowest BCUT2D eigenvalue weighted by Gasteiger charge is -2.45. The van der Waals surface area contributed by atoms with Crippen LogP contribution in [0.3, 0.4) is 0 Å². The van der Waals surface area contributed by atoms with Gasteiger partial charge in [0.1, 0.15) is 17.3 Å². The molecule has 1 saturated heterocycles. The van der Waals surface area contributed by atoms with E-state index in [1.807, 2.05) is 29.2 Å². The maximum atomic E-state index is 15.0. The monoisotopic (exact) mass is 578 g/mol. The zero-order valence-corrected chi connectivity index (χ0v) is 22.3. The van der Waals surface area contributed by atoms with E-state index in [1.165, 1.54) is 29.2 Å². The highest BCUT2D eigenvalue weighted by atomic mass is 35.5. The molecule has 0 bridgehead atoms. The Morgan fingerprint density at radius 3 is 2.30 bits per heavy atom. The summed E-state index contributed by atoms with van der Waals surface area (Å²) in [5.41, 5.74) is 0.501. The predicted octanol–water partition coefficient (Wildman–Crippen LogP) is 6.12. The van der Waals surface area contributed by atoms with Crippen LogP contribution >= 0.6 is 12.4 Å². The SMILES string of the molecule is COc1cccc(N2CCN(C3=Nc4c(F)cccc4C(CC(=O)O)N3c3cccc(C(F)(F)F)c3)CC2)c1.Cl. The first kappa shape index (κ1) is 29.0. The van der Waals surface area contributed by atoms with E-state index < -0.39 is 36.0 Å². The highest BCUT2D eigenvalue weighted by molar-refractivity contribution is 6.01. The molecule has 3 aromatic carbocycles. The first-order valence-electron chi connectivity index (χ1n) is 12.3. The zero-order valence-electron chi connectivity index (χ0n) is 21.4. The molecule has 212 valence electrons. The molecule has 1 fully saturated rings. The van der Waals surface area contributed by atoms with Gasteiger partial charge in [0, 0.05) is 49.2 Å². The molecule has 1 unspecified atom stereocenters. The summed E-state index contributed by atoms with van der Waals surface area (Å²) in [5.74, 6) is -0.871. The molecule has 7 nitrogen and oxygen atoms in total. The van der Waals surface area contributed by atoms with Crippen LogP contribution in [0.25, 0.3) is 0 Å². The maximum absolute atomic E-state index is 15.0. The van der Waals surface area contributed by atoms with Gasteiger partial charge in [-0.25, -0.2) is 9.38 Å². The van der Waals surface area contributed by atoms with Gasteiger partial charge in [-0.15, -0.1) is 12.4 Å². The van der Waals surface area contributed by atoms with Crippen molar-refractivity contribution in [2.24, 2.45) is 4.99 Å². The van der Waals surface area contributed by atoms with Crippen molar-refractivity contribution in [1.82, 2.24) is 4.90 Å². The standard InChI is InChI=1S/C28H26F4N4O3.ClH/c1-39-21-8-3-6-19(16-21)34-11-13-35(14-12-34)27-33-26-22(9-4-10-23(26)29)24(17-25(37)38)36(27)20-7-2-5-18(15-20)28(30,31)32;/h2-10,15-16,24H,11-14,17H2,1H3,(H,37,38);1H. The Bertz CT molecular complexity index is 1410. The van der Waals surface area contributed by atoms with Crippen LogP contribution in [-0.4, -0.2) is 55.2 Å². The van der Waals surface area contributed by atoms with Crippen molar-refractivity contribution in [3.8, 4) is 5.75 Å². The van der Waals surface area contributed by atoms with Crippen molar-refractivity contribution in [3.05, 3.63) is 83.7 Å². The number of piperazine rings is 1. The smallest absolute Gasteiger partial charge is 0.416 e. The maximum Gasteiger partial charge on any atom is 0.416 e. The summed E-state index contributed by atoms with van der Waals surface area (Å²) in [4.78, 5) is 22.0. The summed E-state index contributed by atoms with van der Waals surface area (Å²) in [5, 5.41) is 9.74. The Hall–Kier alpha value is -3.99. The summed E-state index contributed by atoms with van der Waals surface area (Å²) in [6, 6.07) is 15.6. The first-order chi connectivity index (χ1) is 18.7. The Morgan fingerprint density at radius 1 is 0.975 bits per heavy atom. The molecule has 0 radical (unpaired) electrons.